The second kappa shape index (κ2) is 3.26. The Kier molecular flexibility index (Phi) is 1.83. The molecule has 1 aliphatic carbocycles. The number of Topliss-reactive ketones (excluding diaryl/α,β-unsaturated/α-hetero) is 1. The van der Waals surface area contributed by atoms with E-state index in [9.17, 15) is 4.79 Å². The standard InChI is InChI=1S/C14H10O2S/c15-11-7-17-14-6-9-8-3-1-2-4-12(8)16-13(9)5-10(11)14/h1-6,8,12H,7H2. The van der Waals surface area contributed by atoms with Gasteiger partial charge in [-0.05, 0) is 18.2 Å². The van der Waals surface area contributed by atoms with Gasteiger partial charge in [-0.1, -0.05) is 18.2 Å². The highest BCUT2D eigenvalue weighted by Crippen LogP contribution is 2.45. The lowest BCUT2D eigenvalue weighted by molar-refractivity contribution is 0.102. The molecule has 17 heavy (non-hydrogen) atoms. The van der Waals surface area contributed by atoms with E-state index in [2.05, 4.69) is 24.3 Å². The fraction of sp³-hybridized carbons (Fsp3) is 0.214. The molecule has 84 valence electrons. The van der Waals surface area contributed by atoms with Crippen LogP contribution in [0.15, 0.2) is 41.3 Å². The number of ether oxygens (including phenoxy) is 1. The summed E-state index contributed by atoms with van der Waals surface area (Å²) in [6.07, 6.45) is 8.43. The van der Waals surface area contributed by atoms with Crippen LogP contribution in [-0.2, 0) is 0 Å². The first-order chi connectivity index (χ1) is 8.33. The molecule has 4 rings (SSSR count). The zero-order chi connectivity index (χ0) is 11.4. The van der Waals surface area contributed by atoms with Crippen LogP contribution in [0.2, 0.25) is 0 Å². The minimum atomic E-state index is 0.109. The van der Waals surface area contributed by atoms with Crippen LogP contribution in [-0.4, -0.2) is 17.6 Å². The van der Waals surface area contributed by atoms with Gasteiger partial charge in [0.05, 0.1) is 5.75 Å². The van der Waals surface area contributed by atoms with Crippen molar-refractivity contribution in [1.29, 1.82) is 0 Å². The maximum Gasteiger partial charge on any atom is 0.174 e. The van der Waals surface area contributed by atoms with Gasteiger partial charge >= 0.3 is 0 Å². The van der Waals surface area contributed by atoms with Gasteiger partial charge in [-0.3, -0.25) is 4.79 Å². The van der Waals surface area contributed by atoms with Gasteiger partial charge in [0.15, 0.2) is 5.78 Å². The molecule has 2 nitrogen and oxygen atoms in total. The lowest BCUT2D eigenvalue weighted by atomic mass is 9.91. The highest BCUT2D eigenvalue weighted by molar-refractivity contribution is 8.00. The van der Waals surface area contributed by atoms with Crippen molar-refractivity contribution in [2.45, 2.75) is 16.9 Å². The molecule has 0 fully saturated rings. The second-order valence-electron chi connectivity index (χ2n) is 4.48. The van der Waals surface area contributed by atoms with Gasteiger partial charge in [-0.15, -0.1) is 11.8 Å². The van der Waals surface area contributed by atoms with E-state index in [1.165, 1.54) is 5.56 Å². The Balaban J connectivity index is 1.88. The zero-order valence-corrected chi connectivity index (χ0v) is 9.87. The first-order valence-corrected chi connectivity index (χ1v) is 6.67. The van der Waals surface area contributed by atoms with Crippen LogP contribution in [0.4, 0.5) is 0 Å². The molecule has 0 saturated heterocycles. The molecule has 2 aliphatic heterocycles. The molecule has 2 unspecified atom stereocenters. The van der Waals surface area contributed by atoms with Crippen molar-refractivity contribution in [2.24, 2.45) is 0 Å². The number of ketones is 1. The smallest absolute Gasteiger partial charge is 0.174 e. The van der Waals surface area contributed by atoms with E-state index in [1.54, 1.807) is 11.8 Å². The van der Waals surface area contributed by atoms with Crippen molar-refractivity contribution in [3.8, 4) is 5.75 Å². The van der Waals surface area contributed by atoms with Gasteiger partial charge in [0, 0.05) is 21.9 Å². The number of benzene rings is 1. The molecule has 0 bridgehead atoms. The van der Waals surface area contributed by atoms with E-state index in [1.807, 2.05) is 12.1 Å². The van der Waals surface area contributed by atoms with E-state index in [0.29, 0.717) is 11.7 Å². The number of hydrogen-bond acceptors (Lipinski definition) is 3. The molecule has 2 heterocycles. The van der Waals surface area contributed by atoms with Crippen molar-refractivity contribution in [3.63, 3.8) is 0 Å². The fourth-order valence-corrected chi connectivity index (χ4v) is 3.60. The minimum Gasteiger partial charge on any atom is -0.485 e. The Morgan fingerprint density at radius 2 is 2.12 bits per heavy atom. The summed E-state index contributed by atoms with van der Waals surface area (Å²) in [5.41, 5.74) is 2.05. The van der Waals surface area contributed by atoms with Crippen molar-refractivity contribution in [3.05, 3.63) is 47.6 Å². The molecular weight excluding hydrogens is 232 g/mol. The highest BCUT2D eigenvalue weighted by Gasteiger charge is 2.34. The molecule has 3 heteroatoms. The highest BCUT2D eigenvalue weighted by atomic mass is 32.2. The third-order valence-corrected chi connectivity index (χ3v) is 4.53. The number of fused-ring (bicyclic) bond motifs is 4. The summed E-state index contributed by atoms with van der Waals surface area (Å²) in [5, 5.41) is 0. The normalized spacial score (nSPS) is 27.6. The Bertz CT molecular complexity index is 586. The van der Waals surface area contributed by atoms with Crippen LogP contribution in [0.25, 0.3) is 0 Å². The third-order valence-electron chi connectivity index (χ3n) is 3.48. The van der Waals surface area contributed by atoms with Crippen LogP contribution in [0.5, 0.6) is 5.75 Å². The summed E-state index contributed by atoms with van der Waals surface area (Å²) in [7, 11) is 0. The van der Waals surface area contributed by atoms with Crippen LogP contribution in [0, 0.1) is 0 Å². The number of carbonyl (C=O) groups excluding carboxylic acids is 1. The lowest BCUT2D eigenvalue weighted by Crippen LogP contribution is -2.15. The Labute approximate surface area is 103 Å². The summed E-state index contributed by atoms with van der Waals surface area (Å²) in [6, 6.07) is 4.06. The maximum atomic E-state index is 11.7. The Morgan fingerprint density at radius 1 is 1.24 bits per heavy atom. The summed E-state index contributed by atoms with van der Waals surface area (Å²) in [5.74, 6) is 1.99. The van der Waals surface area contributed by atoms with Crippen molar-refractivity contribution >= 4 is 17.5 Å². The lowest BCUT2D eigenvalue weighted by Gasteiger charge is -2.13. The van der Waals surface area contributed by atoms with E-state index >= 15 is 0 Å². The van der Waals surface area contributed by atoms with Gasteiger partial charge in [0.25, 0.3) is 0 Å². The van der Waals surface area contributed by atoms with E-state index in [0.717, 1.165) is 16.2 Å². The summed E-state index contributed by atoms with van der Waals surface area (Å²) in [6.45, 7) is 0. The molecule has 0 saturated carbocycles. The molecule has 0 spiro atoms. The van der Waals surface area contributed by atoms with Gasteiger partial charge in [0.1, 0.15) is 11.9 Å². The quantitative estimate of drug-likeness (QED) is 0.699. The molecular formula is C14H10O2S. The Hall–Kier alpha value is -1.48. The molecule has 0 radical (unpaired) electrons. The van der Waals surface area contributed by atoms with Crippen LogP contribution in [0.3, 0.4) is 0 Å². The van der Waals surface area contributed by atoms with Gasteiger partial charge < -0.3 is 4.74 Å². The minimum absolute atomic E-state index is 0.109. The summed E-state index contributed by atoms with van der Waals surface area (Å²) >= 11 is 1.63. The molecule has 1 aromatic rings. The van der Waals surface area contributed by atoms with E-state index < -0.39 is 0 Å². The maximum absolute atomic E-state index is 11.7. The van der Waals surface area contributed by atoms with Gasteiger partial charge in [-0.25, -0.2) is 0 Å². The summed E-state index contributed by atoms with van der Waals surface area (Å²) in [4.78, 5) is 12.8. The topological polar surface area (TPSA) is 26.3 Å². The Morgan fingerprint density at radius 3 is 3.06 bits per heavy atom. The third kappa shape index (κ3) is 1.26. The summed E-state index contributed by atoms with van der Waals surface area (Å²) < 4.78 is 5.88. The number of thioether (sulfide) groups is 1. The van der Waals surface area contributed by atoms with E-state index in [4.69, 9.17) is 4.74 Å². The average molecular weight is 242 g/mol. The van der Waals surface area contributed by atoms with Crippen molar-refractivity contribution in [1.82, 2.24) is 0 Å². The van der Waals surface area contributed by atoms with Crippen molar-refractivity contribution in [2.75, 3.05) is 5.75 Å². The molecule has 2 atom stereocenters. The van der Waals surface area contributed by atoms with Gasteiger partial charge in [-0.2, -0.15) is 0 Å². The fourth-order valence-electron chi connectivity index (χ4n) is 2.62. The first-order valence-electron chi connectivity index (χ1n) is 5.68. The van der Waals surface area contributed by atoms with Crippen LogP contribution < -0.4 is 4.74 Å². The van der Waals surface area contributed by atoms with Crippen LogP contribution in [0.1, 0.15) is 21.8 Å². The monoisotopic (exact) mass is 242 g/mol. The first kappa shape index (κ1) is 9.54. The SMILES string of the molecule is O=C1CSc2cc3c(cc21)OC1C=CC=CC31. The average Bonchev–Trinajstić information content (AvgIpc) is 2.88. The van der Waals surface area contributed by atoms with Gasteiger partial charge in [0.2, 0.25) is 0 Å². The molecule has 0 N–H and O–H groups in total. The van der Waals surface area contributed by atoms with Crippen LogP contribution >= 0.6 is 11.8 Å². The number of rotatable bonds is 0. The van der Waals surface area contributed by atoms with Crippen molar-refractivity contribution < 1.29 is 9.53 Å². The molecule has 0 aromatic heterocycles. The molecule has 0 amide bonds. The molecule has 1 aromatic carbocycles. The van der Waals surface area contributed by atoms with E-state index in [-0.39, 0.29) is 11.9 Å². The predicted molar refractivity (Wildman–Crippen MR) is 66.9 cm³/mol. The number of allylic oxidation sites excluding steroid dienone is 2. The molecule has 3 aliphatic rings. The second-order valence-corrected chi connectivity index (χ2v) is 5.49. The largest absolute Gasteiger partial charge is 0.485 e. The number of carbonyl (C=O) groups is 1. The predicted octanol–water partition coefficient (Wildman–Crippen LogP) is 2.95. The number of hydrogen-bond donors (Lipinski definition) is 0. The zero-order valence-electron chi connectivity index (χ0n) is 9.05.